The summed E-state index contributed by atoms with van der Waals surface area (Å²) in [6, 6.07) is 21.4. The quantitative estimate of drug-likeness (QED) is 0.487. The van der Waals surface area contributed by atoms with Gasteiger partial charge in [-0.05, 0) is 33.5 Å². The van der Waals surface area contributed by atoms with Crippen molar-refractivity contribution < 1.29 is 0 Å². The van der Waals surface area contributed by atoms with Crippen LogP contribution >= 0.6 is 0 Å². The summed E-state index contributed by atoms with van der Waals surface area (Å²) in [5.41, 5.74) is 5.21. The van der Waals surface area contributed by atoms with Crippen LogP contribution in [0.4, 0.5) is 0 Å². The zero-order chi connectivity index (χ0) is 12.7. The van der Waals surface area contributed by atoms with E-state index in [1.165, 1.54) is 33.0 Å². The third kappa shape index (κ3) is 1.48. The molecular formula is C18H13N. The van der Waals surface area contributed by atoms with E-state index < -0.39 is 0 Å². The van der Waals surface area contributed by atoms with Crippen LogP contribution < -0.4 is 0 Å². The molecule has 0 radical (unpaired) electrons. The van der Waals surface area contributed by atoms with Crippen LogP contribution in [0.5, 0.6) is 0 Å². The first-order valence-electron chi connectivity index (χ1n) is 6.48. The van der Waals surface area contributed by atoms with Gasteiger partial charge in [0.2, 0.25) is 0 Å². The summed E-state index contributed by atoms with van der Waals surface area (Å²) in [4.78, 5) is 3.19. The zero-order valence-corrected chi connectivity index (χ0v) is 10.4. The molecular weight excluding hydrogens is 230 g/mol. The maximum atomic E-state index is 3.19. The maximum absolute atomic E-state index is 3.19. The number of H-pyrrole nitrogens is 1. The van der Waals surface area contributed by atoms with Gasteiger partial charge in [-0.25, -0.2) is 0 Å². The van der Waals surface area contributed by atoms with Crippen LogP contribution in [0, 0.1) is 0 Å². The molecule has 0 aromatic heterocycles. The molecule has 0 amide bonds. The molecule has 19 heavy (non-hydrogen) atoms. The number of aromatic amines is 1. The lowest BCUT2D eigenvalue weighted by molar-refractivity contribution is 1.34. The first kappa shape index (κ1) is 10.4. The van der Waals surface area contributed by atoms with E-state index in [4.69, 9.17) is 0 Å². The van der Waals surface area contributed by atoms with Gasteiger partial charge in [-0.3, -0.25) is 0 Å². The van der Waals surface area contributed by atoms with Gasteiger partial charge in [0.15, 0.2) is 0 Å². The molecule has 0 atom stereocenters. The molecule has 0 spiro atoms. The fraction of sp³-hybridized carbons (Fsp3) is 0. The molecule has 0 fully saturated rings. The third-order valence-electron chi connectivity index (χ3n) is 3.68. The highest BCUT2D eigenvalue weighted by atomic mass is 14.6. The first-order valence-corrected chi connectivity index (χ1v) is 6.48. The van der Waals surface area contributed by atoms with Gasteiger partial charge in [0, 0.05) is 18.0 Å². The standard InChI is InChI=1S/C18H13N/c1-2-6-13(7-3-1)18-15-9-5-4-8-14(15)17-12-19-11-10-16(17)18/h1-12,19H. The topological polar surface area (TPSA) is 15.8 Å². The number of hydrogen-bond donors (Lipinski definition) is 1. The predicted octanol–water partition coefficient (Wildman–Crippen LogP) is 4.94. The van der Waals surface area contributed by atoms with Crippen LogP contribution in [-0.4, -0.2) is 4.98 Å². The summed E-state index contributed by atoms with van der Waals surface area (Å²) in [7, 11) is 0. The number of pyridine rings is 1. The number of hydrogen-bond acceptors (Lipinski definition) is 0. The monoisotopic (exact) mass is 243 g/mol. The second-order valence-electron chi connectivity index (χ2n) is 4.76. The fourth-order valence-corrected chi connectivity index (χ4v) is 2.87. The van der Waals surface area contributed by atoms with Crippen molar-refractivity contribution in [2.75, 3.05) is 0 Å². The van der Waals surface area contributed by atoms with Gasteiger partial charge in [0.25, 0.3) is 0 Å². The van der Waals surface area contributed by atoms with E-state index in [2.05, 4.69) is 71.8 Å². The van der Waals surface area contributed by atoms with Crippen molar-refractivity contribution in [2.45, 2.75) is 0 Å². The molecule has 0 saturated carbocycles. The molecule has 4 rings (SSSR count). The molecule has 0 saturated heterocycles. The molecule has 1 nitrogen and oxygen atoms in total. The van der Waals surface area contributed by atoms with Gasteiger partial charge in [0.05, 0.1) is 0 Å². The molecule has 2 aliphatic rings. The molecule has 90 valence electrons. The van der Waals surface area contributed by atoms with E-state index >= 15 is 0 Å². The normalized spacial score (nSPS) is 11.2. The van der Waals surface area contributed by atoms with Crippen molar-refractivity contribution in [3.05, 3.63) is 73.1 Å². The molecule has 1 N–H and O–H groups in total. The number of rotatable bonds is 1. The second kappa shape index (κ2) is 3.99. The van der Waals surface area contributed by atoms with Gasteiger partial charge in [-0.1, -0.05) is 54.6 Å². The minimum absolute atomic E-state index is 1.28. The van der Waals surface area contributed by atoms with E-state index in [9.17, 15) is 0 Å². The van der Waals surface area contributed by atoms with Crippen molar-refractivity contribution in [3.8, 4) is 22.3 Å². The lowest BCUT2D eigenvalue weighted by atomic mass is 10.0. The Morgan fingerprint density at radius 1 is 0.632 bits per heavy atom. The molecule has 2 aromatic rings. The Morgan fingerprint density at radius 2 is 1.37 bits per heavy atom. The molecule has 1 aliphatic carbocycles. The highest BCUT2D eigenvalue weighted by Gasteiger charge is 2.17. The maximum Gasteiger partial charge on any atom is 0.00901 e. The van der Waals surface area contributed by atoms with E-state index in [1.807, 2.05) is 6.20 Å². The highest BCUT2D eigenvalue weighted by Crippen LogP contribution is 2.43. The van der Waals surface area contributed by atoms with Gasteiger partial charge < -0.3 is 4.98 Å². The average Bonchev–Trinajstić information content (AvgIpc) is 2.83. The molecule has 1 heterocycles. The van der Waals surface area contributed by atoms with Crippen LogP contribution in [0.3, 0.4) is 0 Å². The molecule has 2 aromatic carbocycles. The highest BCUT2D eigenvalue weighted by molar-refractivity contribution is 6.14. The Labute approximate surface area is 111 Å². The minimum Gasteiger partial charge on any atom is -0.367 e. The van der Waals surface area contributed by atoms with Gasteiger partial charge in [-0.15, -0.1) is 0 Å². The van der Waals surface area contributed by atoms with Crippen LogP contribution in [0.1, 0.15) is 0 Å². The molecule has 1 heteroatoms. The summed E-state index contributed by atoms with van der Waals surface area (Å²) < 4.78 is 0. The number of aromatic nitrogens is 1. The average molecular weight is 243 g/mol. The lowest BCUT2D eigenvalue weighted by Crippen LogP contribution is -1.80. The van der Waals surface area contributed by atoms with Crippen LogP contribution in [0.2, 0.25) is 0 Å². The lowest BCUT2D eigenvalue weighted by Gasteiger charge is -2.04. The largest absolute Gasteiger partial charge is 0.367 e. The molecule has 0 bridgehead atoms. The van der Waals surface area contributed by atoms with Crippen LogP contribution in [-0.2, 0) is 0 Å². The van der Waals surface area contributed by atoms with Crippen LogP contribution in [0.15, 0.2) is 73.1 Å². The molecule has 0 unspecified atom stereocenters. The molecule has 1 aliphatic heterocycles. The second-order valence-corrected chi connectivity index (χ2v) is 4.76. The first-order chi connectivity index (χ1) is 9.45. The van der Waals surface area contributed by atoms with Gasteiger partial charge in [0.1, 0.15) is 0 Å². The number of fused-ring (bicyclic) bond motifs is 3. The van der Waals surface area contributed by atoms with Gasteiger partial charge in [-0.2, -0.15) is 0 Å². The SMILES string of the molecule is c1ccc(-c2c3cc[nH]cc-3c3ccccc23)cc1. The van der Waals surface area contributed by atoms with Crippen molar-refractivity contribution in [2.24, 2.45) is 0 Å². The van der Waals surface area contributed by atoms with Crippen molar-refractivity contribution in [1.82, 2.24) is 4.98 Å². The Bertz CT molecular complexity index is 812. The predicted molar refractivity (Wildman–Crippen MR) is 80.4 cm³/mol. The van der Waals surface area contributed by atoms with Crippen molar-refractivity contribution in [3.63, 3.8) is 0 Å². The minimum atomic E-state index is 1.28. The van der Waals surface area contributed by atoms with Crippen molar-refractivity contribution in [1.29, 1.82) is 0 Å². The summed E-state index contributed by atoms with van der Waals surface area (Å²) in [5.74, 6) is 0. The summed E-state index contributed by atoms with van der Waals surface area (Å²) in [6.45, 7) is 0. The fourth-order valence-electron chi connectivity index (χ4n) is 2.87. The Balaban J connectivity index is 2.19. The zero-order valence-electron chi connectivity index (χ0n) is 10.4. The Hall–Kier alpha value is -2.54. The van der Waals surface area contributed by atoms with Crippen LogP contribution in [0.25, 0.3) is 33.0 Å². The summed E-state index contributed by atoms with van der Waals surface area (Å²) in [6.07, 6.45) is 4.08. The van der Waals surface area contributed by atoms with Gasteiger partial charge >= 0.3 is 0 Å². The third-order valence-corrected chi connectivity index (χ3v) is 3.68. The van der Waals surface area contributed by atoms with E-state index in [-0.39, 0.29) is 0 Å². The Morgan fingerprint density at radius 3 is 2.21 bits per heavy atom. The number of nitrogens with one attached hydrogen (secondary N) is 1. The van der Waals surface area contributed by atoms with Crippen molar-refractivity contribution >= 4 is 10.8 Å². The summed E-state index contributed by atoms with van der Waals surface area (Å²) in [5, 5.41) is 2.64. The smallest absolute Gasteiger partial charge is 0.00901 e. The Kier molecular flexibility index (Phi) is 2.18. The number of benzene rings is 2. The summed E-state index contributed by atoms with van der Waals surface area (Å²) >= 11 is 0. The van der Waals surface area contributed by atoms with E-state index in [1.54, 1.807) is 0 Å². The van der Waals surface area contributed by atoms with E-state index in [0.717, 1.165) is 0 Å². The van der Waals surface area contributed by atoms with E-state index in [0.29, 0.717) is 0 Å².